The molecule has 7 nitrogen and oxygen atoms in total. The third-order valence-electron chi connectivity index (χ3n) is 2.23. The van der Waals surface area contributed by atoms with E-state index in [1.807, 2.05) is 0 Å². The van der Waals surface area contributed by atoms with E-state index in [1.54, 1.807) is 6.92 Å². The predicted octanol–water partition coefficient (Wildman–Crippen LogP) is 0.831. The maximum Gasteiger partial charge on any atom is 0.367 e. The van der Waals surface area contributed by atoms with Crippen LogP contribution < -0.4 is 5.73 Å². The minimum absolute atomic E-state index is 0.0692. The molecule has 0 radical (unpaired) electrons. The molecule has 0 unspecified atom stereocenters. The Hall–Kier alpha value is -2.57. The average molecular weight is 266 g/mol. The first kappa shape index (κ1) is 14.5. The van der Waals surface area contributed by atoms with Crippen LogP contribution in [0.1, 0.15) is 30.1 Å². The fourth-order valence-corrected chi connectivity index (χ4v) is 1.32. The van der Waals surface area contributed by atoms with E-state index in [0.717, 1.165) is 6.07 Å². The molecule has 0 aromatic heterocycles. The number of carbonyl (C=O) groups is 3. The molecule has 0 atom stereocenters. The summed E-state index contributed by atoms with van der Waals surface area (Å²) in [5.41, 5.74) is 5.49. The van der Waals surface area contributed by atoms with E-state index in [1.165, 1.54) is 12.1 Å². The predicted molar refractivity (Wildman–Crippen MR) is 65.8 cm³/mol. The SMILES string of the molecule is CCCC(=O)N(C=O)OC(=O)c1ccc(N)cc1O. The van der Waals surface area contributed by atoms with Gasteiger partial charge in [0.25, 0.3) is 12.3 Å². The number of benzene rings is 1. The number of hydrogen-bond donors (Lipinski definition) is 2. The Morgan fingerprint density at radius 2 is 2.16 bits per heavy atom. The Morgan fingerprint density at radius 3 is 2.68 bits per heavy atom. The Balaban J connectivity index is 2.83. The smallest absolute Gasteiger partial charge is 0.367 e. The molecule has 19 heavy (non-hydrogen) atoms. The number of aromatic hydroxyl groups is 1. The van der Waals surface area contributed by atoms with Gasteiger partial charge in [0.05, 0.1) is 0 Å². The fourth-order valence-electron chi connectivity index (χ4n) is 1.32. The number of nitrogen functional groups attached to an aromatic ring is 1. The first-order valence-corrected chi connectivity index (χ1v) is 5.57. The number of imide groups is 1. The summed E-state index contributed by atoms with van der Waals surface area (Å²) >= 11 is 0. The Bertz CT molecular complexity index is 501. The van der Waals surface area contributed by atoms with Gasteiger partial charge in [-0.1, -0.05) is 6.92 Å². The maximum atomic E-state index is 11.7. The van der Waals surface area contributed by atoms with Crippen molar-refractivity contribution in [2.24, 2.45) is 0 Å². The molecular formula is C12H14N2O5. The Morgan fingerprint density at radius 1 is 1.47 bits per heavy atom. The quantitative estimate of drug-likeness (QED) is 0.474. The molecule has 0 fully saturated rings. The zero-order chi connectivity index (χ0) is 14.4. The van der Waals surface area contributed by atoms with Crippen LogP contribution in [-0.2, 0) is 14.4 Å². The molecule has 0 aliphatic heterocycles. The first-order chi connectivity index (χ1) is 8.99. The highest BCUT2D eigenvalue weighted by Crippen LogP contribution is 2.21. The topological polar surface area (TPSA) is 110 Å². The minimum Gasteiger partial charge on any atom is -0.507 e. The first-order valence-electron chi connectivity index (χ1n) is 5.57. The van der Waals surface area contributed by atoms with Crippen LogP contribution >= 0.6 is 0 Å². The fraction of sp³-hybridized carbons (Fsp3) is 0.250. The van der Waals surface area contributed by atoms with Crippen molar-refractivity contribution in [1.29, 1.82) is 0 Å². The summed E-state index contributed by atoms with van der Waals surface area (Å²) in [4.78, 5) is 38.4. The van der Waals surface area contributed by atoms with Crippen LogP contribution in [0.15, 0.2) is 18.2 Å². The molecule has 102 valence electrons. The van der Waals surface area contributed by atoms with E-state index < -0.39 is 17.6 Å². The lowest BCUT2D eigenvalue weighted by Gasteiger charge is -2.14. The monoisotopic (exact) mass is 266 g/mol. The number of carbonyl (C=O) groups excluding carboxylic acids is 3. The van der Waals surface area contributed by atoms with E-state index in [0.29, 0.717) is 11.5 Å². The van der Waals surface area contributed by atoms with Crippen LogP contribution in [-0.4, -0.2) is 28.5 Å². The van der Waals surface area contributed by atoms with Gasteiger partial charge in [0.2, 0.25) is 0 Å². The molecule has 1 rings (SSSR count). The largest absolute Gasteiger partial charge is 0.507 e. The lowest BCUT2D eigenvalue weighted by Crippen LogP contribution is -2.32. The zero-order valence-electron chi connectivity index (χ0n) is 10.3. The molecule has 3 N–H and O–H groups in total. The van der Waals surface area contributed by atoms with Gasteiger partial charge < -0.3 is 15.7 Å². The van der Waals surface area contributed by atoms with Crippen molar-refractivity contribution in [3.8, 4) is 5.75 Å². The number of amides is 2. The number of phenolic OH excluding ortho intramolecular Hbond substituents is 1. The second kappa shape index (κ2) is 6.39. The second-order valence-electron chi connectivity index (χ2n) is 3.73. The lowest BCUT2D eigenvalue weighted by atomic mass is 10.2. The van der Waals surface area contributed by atoms with Gasteiger partial charge in [-0.05, 0) is 18.6 Å². The van der Waals surface area contributed by atoms with Crippen molar-refractivity contribution >= 4 is 24.0 Å². The van der Waals surface area contributed by atoms with Crippen LogP contribution in [0.25, 0.3) is 0 Å². The average Bonchev–Trinajstić information content (AvgIpc) is 2.35. The summed E-state index contributed by atoms with van der Waals surface area (Å²) in [6, 6.07) is 3.78. The van der Waals surface area contributed by atoms with Gasteiger partial charge in [-0.15, -0.1) is 5.06 Å². The van der Waals surface area contributed by atoms with Crippen molar-refractivity contribution in [3.05, 3.63) is 23.8 Å². The van der Waals surface area contributed by atoms with E-state index in [-0.39, 0.29) is 24.1 Å². The molecule has 2 amide bonds. The number of phenols is 1. The normalized spacial score (nSPS) is 9.74. The second-order valence-corrected chi connectivity index (χ2v) is 3.73. The van der Waals surface area contributed by atoms with E-state index in [9.17, 15) is 19.5 Å². The molecule has 1 aromatic rings. The number of anilines is 1. The molecular weight excluding hydrogens is 252 g/mol. The highest BCUT2D eigenvalue weighted by Gasteiger charge is 2.20. The Kier molecular flexibility index (Phi) is 4.87. The number of hydroxylamine groups is 2. The third-order valence-corrected chi connectivity index (χ3v) is 2.23. The van der Waals surface area contributed by atoms with Gasteiger partial charge in [0.1, 0.15) is 11.3 Å². The zero-order valence-corrected chi connectivity index (χ0v) is 10.3. The van der Waals surface area contributed by atoms with Gasteiger partial charge in [-0.3, -0.25) is 9.59 Å². The summed E-state index contributed by atoms with van der Waals surface area (Å²) in [5.74, 6) is -2.05. The van der Waals surface area contributed by atoms with Gasteiger partial charge in [0.15, 0.2) is 0 Å². The molecule has 0 saturated carbocycles. The van der Waals surface area contributed by atoms with Gasteiger partial charge in [-0.2, -0.15) is 0 Å². The summed E-state index contributed by atoms with van der Waals surface area (Å²) in [6.45, 7) is 1.74. The molecule has 0 heterocycles. The maximum absolute atomic E-state index is 11.7. The molecule has 0 saturated heterocycles. The third kappa shape index (κ3) is 3.70. The molecule has 7 heteroatoms. The summed E-state index contributed by atoms with van der Waals surface area (Å²) in [6.07, 6.45) is 0.678. The minimum atomic E-state index is -1.02. The molecule has 0 aliphatic rings. The van der Waals surface area contributed by atoms with E-state index in [2.05, 4.69) is 4.84 Å². The number of nitrogens with zero attached hydrogens (tertiary/aromatic N) is 1. The summed E-state index contributed by atoms with van der Waals surface area (Å²) < 4.78 is 0. The van der Waals surface area contributed by atoms with Gasteiger partial charge in [0, 0.05) is 18.2 Å². The van der Waals surface area contributed by atoms with Crippen molar-refractivity contribution in [3.63, 3.8) is 0 Å². The molecule has 0 spiro atoms. The van der Waals surface area contributed by atoms with Crippen LogP contribution in [0.5, 0.6) is 5.75 Å². The van der Waals surface area contributed by atoms with Crippen molar-refractivity contribution < 1.29 is 24.3 Å². The van der Waals surface area contributed by atoms with Crippen LogP contribution in [0, 0.1) is 0 Å². The van der Waals surface area contributed by atoms with Crippen LogP contribution in [0.4, 0.5) is 5.69 Å². The molecule has 0 bridgehead atoms. The molecule has 0 aliphatic carbocycles. The van der Waals surface area contributed by atoms with E-state index >= 15 is 0 Å². The van der Waals surface area contributed by atoms with Crippen LogP contribution in [0.3, 0.4) is 0 Å². The highest BCUT2D eigenvalue weighted by atomic mass is 16.7. The van der Waals surface area contributed by atoms with Crippen molar-refractivity contribution in [2.75, 3.05) is 5.73 Å². The lowest BCUT2D eigenvalue weighted by molar-refractivity contribution is -0.171. The summed E-state index contributed by atoms with van der Waals surface area (Å²) in [7, 11) is 0. The molecule has 1 aromatic carbocycles. The number of nitrogens with two attached hydrogens (primary N) is 1. The van der Waals surface area contributed by atoms with Gasteiger partial charge in [-0.25, -0.2) is 4.79 Å². The van der Waals surface area contributed by atoms with Crippen LogP contribution in [0.2, 0.25) is 0 Å². The highest BCUT2D eigenvalue weighted by molar-refractivity contribution is 5.95. The number of rotatable bonds is 4. The number of hydrogen-bond acceptors (Lipinski definition) is 6. The van der Waals surface area contributed by atoms with Gasteiger partial charge >= 0.3 is 5.97 Å². The van der Waals surface area contributed by atoms with Crippen molar-refractivity contribution in [2.45, 2.75) is 19.8 Å². The van der Waals surface area contributed by atoms with E-state index in [4.69, 9.17) is 5.73 Å². The Labute approximate surface area is 109 Å². The summed E-state index contributed by atoms with van der Waals surface area (Å²) in [5, 5.41) is 9.82. The standard InChI is InChI=1S/C12H14N2O5/c1-2-3-11(17)14(7-15)19-12(18)9-5-4-8(13)6-10(9)16/h4-7,16H,2-3,13H2,1H3. The van der Waals surface area contributed by atoms with Crippen molar-refractivity contribution in [1.82, 2.24) is 5.06 Å².